The average Bonchev–Trinajstić information content (AvgIpc) is 2.36. The van der Waals surface area contributed by atoms with Crippen LogP contribution in [0.1, 0.15) is 0 Å². The zero-order chi connectivity index (χ0) is 14.0. The molecule has 98 valence electrons. The fourth-order valence-corrected chi connectivity index (χ4v) is 1.98. The lowest BCUT2D eigenvalue weighted by Crippen LogP contribution is -1.94. The number of ether oxygens (including phenoxy) is 1. The maximum absolute atomic E-state index is 13.3. The van der Waals surface area contributed by atoms with E-state index in [1.807, 2.05) is 0 Å². The molecule has 0 atom stereocenters. The van der Waals surface area contributed by atoms with Crippen molar-refractivity contribution in [1.82, 2.24) is 0 Å². The summed E-state index contributed by atoms with van der Waals surface area (Å²) in [5.74, 6) is -0.265. The Bertz CT molecular complexity index is 649. The van der Waals surface area contributed by atoms with Gasteiger partial charge in [-0.25, -0.2) is 4.39 Å². The molecule has 0 bridgehead atoms. The number of hydrogen-bond donors (Lipinski definition) is 0. The zero-order valence-electron chi connectivity index (χ0n) is 9.27. The van der Waals surface area contributed by atoms with Gasteiger partial charge in [-0.2, -0.15) is 0 Å². The first-order chi connectivity index (χ1) is 8.97. The topological polar surface area (TPSA) is 52.4 Å². The number of nitrogens with zero attached hydrogens (tertiary/aromatic N) is 1. The first kappa shape index (κ1) is 14.0. The number of rotatable bonds is 3. The number of benzene rings is 2. The van der Waals surface area contributed by atoms with Crippen LogP contribution in [0.2, 0.25) is 0 Å². The molecule has 2 aromatic rings. The molecule has 0 saturated heterocycles. The number of nitro benzene ring substituents is 1. The van der Waals surface area contributed by atoms with Crippen LogP contribution in [0, 0.1) is 15.9 Å². The molecule has 0 N–H and O–H groups in total. The van der Waals surface area contributed by atoms with Crippen molar-refractivity contribution in [2.45, 2.75) is 0 Å². The lowest BCUT2D eigenvalue weighted by Gasteiger charge is -2.07. The van der Waals surface area contributed by atoms with Crippen LogP contribution in [0.3, 0.4) is 0 Å². The Balaban J connectivity index is 2.37. The Morgan fingerprint density at radius 2 is 1.89 bits per heavy atom. The van der Waals surface area contributed by atoms with E-state index in [1.54, 1.807) is 6.07 Å². The third kappa shape index (κ3) is 3.30. The van der Waals surface area contributed by atoms with E-state index in [4.69, 9.17) is 4.74 Å². The summed E-state index contributed by atoms with van der Waals surface area (Å²) in [4.78, 5) is 10.3. The van der Waals surface area contributed by atoms with Crippen molar-refractivity contribution < 1.29 is 14.1 Å². The Kier molecular flexibility index (Phi) is 4.16. The van der Waals surface area contributed by atoms with Gasteiger partial charge in [-0.15, -0.1) is 0 Å². The molecular formula is C12H6Br2FNO3. The van der Waals surface area contributed by atoms with Crippen LogP contribution in [0.4, 0.5) is 10.1 Å². The smallest absolute Gasteiger partial charge is 0.312 e. The van der Waals surface area contributed by atoms with Crippen LogP contribution >= 0.6 is 31.9 Å². The van der Waals surface area contributed by atoms with Crippen molar-refractivity contribution in [3.05, 3.63) is 61.3 Å². The molecule has 0 radical (unpaired) electrons. The normalized spacial score (nSPS) is 10.3. The molecular weight excluding hydrogens is 385 g/mol. The van der Waals surface area contributed by atoms with E-state index < -0.39 is 10.7 Å². The van der Waals surface area contributed by atoms with Crippen molar-refractivity contribution in [2.24, 2.45) is 0 Å². The second-order valence-corrected chi connectivity index (χ2v) is 5.32. The summed E-state index contributed by atoms with van der Waals surface area (Å²) in [5, 5.41) is 10.9. The monoisotopic (exact) mass is 389 g/mol. The minimum Gasteiger partial charge on any atom is -0.450 e. The van der Waals surface area contributed by atoms with E-state index in [2.05, 4.69) is 31.9 Å². The highest BCUT2D eigenvalue weighted by atomic mass is 79.9. The first-order valence-electron chi connectivity index (χ1n) is 5.04. The summed E-state index contributed by atoms with van der Waals surface area (Å²) in [5.41, 5.74) is -0.197. The molecule has 0 aliphatic heterocycles. The van der Waals surface area contributed by atoms with E-state index in [1.165, 1.54) is 24.3 Å². The summed E-state index contributed by atoms with van der Waals surface area (Å²) < 4.78 is 19.5. The van der Waals surface area contributed by atoms with Crippen LogP contribution in [0.15, 0.2) is 45.3 Å². The Hall–Kier alpha value is -1.47. The standard InChI is InChI=1S/C12H6Br2FNO3/c13-7-1-4-12(11(5-7)16(17)18)19-8-2-3-9(14)10(15)6-8/h1-6H. The highest BCUT2D eigenvalue weighted by Gasteiger charge is 2.16. The van der Waals surface area contributed by atoms with Gasteiger partial charge in [0, 0.05) is 16.6 Å². The van der Waals surface area contributed by atoms with Gasteiger partial charge >= 0.3 is 5.69 Å². The molecule has 0 saturated carbocycles. The number of halogens is 3. The van der Waals surface area contributed by atoms with Crippen LogP contribution in [-0.4, -0.2) is 4.92 Å². The molecule has 0 unspecified atom stereocenters. The fourth-order valence-electron chi connectivity index (χ4n) is 1.39. The molecule has 4 nitrogen and oxygen atoms in total. The Morgan fingerprint density at radius 1 is 1.16 bits per heavy atom. The molecule has 0 aliphatic carbocycles. The number of hydrogen-bond acceptors (Lipinski definition) is 3. The predicted molar refractivity (Wildman–Crippen MR) is 75.0 cm³/mol. The highest BCUT2D eigenvalue weighted by Crippen LogP contribution is 2.34. The van der Waals surface area contributed by atoms with E-state index in [0.717, 1.165) is 6.07 Å². The van der Waals surface area contributed by atoms with Crippen LogP contribution in [0.25, 0.3) is 0 Å². The summed E-state index contributed by atoms with van der Waals surface area (Å²) in [6.45, 7) is 0. The van der Waals surface area contributed by atoms with Gasteiger partial charge in [-0.1, -0.05) is 15.9 Å². The molecule has 0 heterocycles. The molecule has 0 spiro atoms. The van der Waals surface area contributed by atoms with Gasteiger partial charge in [-0.3, -0.25) is 10.1 Å². The second-order valence-electron chi connectivity index (χ2n) is 3.55. The predicted octanol–water partition coefficient (Wildman–Crippen LogP) is 5.05. The van der Waals surface area contributed by atoms with E-state index >= 15 is 0 Å². The fraction of sp³-hybridized carbons (Fsp3) is 0. The van der Waals surface area contributed by atoms with E-state index in [0.29, 0.717) is 8.95 Å². The zero-order valence-corrected chi connectivity index (χ0v) is 12.4. The van der Waals surface area contributed by atoms with Crippen molar-refractivity contribution in [1.29, 1.82) is 0 Å². The van der Waals surface area contributed by atoms with Gasteiger partial charge in [0.25, 0.3) is 0 Å². The summed E-state index contributed by atoms with van der Waals surface area (Å²) >= 11 is 6.16. The summed E-state index contributed by atoms with van der Waals surface area (Å²) in [6.07, 6.45) is 0. The van der Waals surface area contributed by atoms with Crippen LogP contribution in [0.5, 0.6) is 11.5 Å². The molecule has 7 heteroatoms. The van der Waals surface area contributed by atoms with Gasteiger partial charge in [0.2, 0.25) is 5.75 Å². The highest BCUT2D eigenvalue weighted by molar-refractivity contribution is 9.10. The third-order valence-electron chi connectivity index (χ3n) is 2.24. The molecule has 0 fully saturated rings. The van der Waals surface area contributed by atoms with Gasteiger partial charge in [0.1, 0.15) is 11.6 Å². The third-order valence-corrected chi connectivity index (χ3v) is 3.37. The molecule has 2 aromatic carbocycles. The van der Waals surface area contributed by atoms with Crippen LogP contribution in [-0.2, 0) is 0 Å². The molecule has 0 aliphatic rings. The second kappa shape index (κ2) is 5.66. The summed E-state index contributed by atoms with van der Waals surface area (Å²) in [7, 11) is 0. The average molecular weight is 391 g/mol. The van der Waals surface area contributed by atoms with Gasteiger partial charge in [-0.05, 0) is 40.2 Å². The van der Waals surface area contributed by atoms with E-state index in [9.17, 15) is 14.5 Å². The minimum atomic E-state index is -0.560. The lowest BCUT2D eigenvalue weighted by atomic mass is 10.3. The largest absolute Gasteiger partial charge is 0.450 e. The Labute approximate surface area is 124 Å². The van der Waals surface area contributed by atoms with E-state index in [-0.39, 0.29) is 17.2 Å². The number of nitro groups is 1. The maximum Gasteiger partial charge on any atom is 0.312 e. The maximum atomic E-state index is 13.3. The first-order valence-corrected chi connectivity index (χ1v) is 6.63. The van der Waals surface area contributed by atoms with Crippen molar-refractivity contribution >= 4 is 37.5 Å². The van der Waals surface area contributed by atoms with Crippen LogP contribution < -0.4 is 4.74 Å². The molecule has 0 aromatic heterocycles. The van der Waals surface area contributed by atoms with Gasteiger partial charge in [0.15, 0.2) is 0 Å². The van der Waals surface area contributed by atoms with Crippen molar-refractivity contribution in [3.8, 4) is 11.5 Å². The molecule has 0 amide bonds. The lowest BCUT2D eigenvalue weighted by molar-refractivity contribution is -0.385. The summed E-state index contributed by atoms with van der Waals surface area (Å²) in [6, 6.07) is 8.51. The molecule has 19 heavy (non-hydrogen) atoms. The molecule has 2 rings (SSSR count). The van der Waals surface area contributed by atoms with Crippen molar-refractivity contribution in [2.75, 3.05) is 0 Å². The Morgan fingerprint density at radius 3 is 2.53 bits per heavy atom. The SMILES string of the molecule is O=[N+]([O-])c1cc(Br)ccc1Oc1ccc(Br)c(F)c1. The quantitative estimate of drug-likeness (QED) is 0.544. The van der Waals surface area contributed by atoms with Gasteiger partial charge in [0.05, 0.1) is 9.40 Å². The minimum absolute atomic E-state index is 0.0509. The van der Waals surface area contributed by atoms with Crippen molar-refractivity contribution in [3.63, 3.8) is 0 Å². The van der Waals surface area contributed by atoms with Gasteiger partial charge < -0.3 is 4.74 Å².